The Bertz CT molecular complexity index is 511. The quantitative estimate of drug-likeness (QED) is 0.867. The molecule has 1 saturated heterocycles. The van der Waals surface area contributed by atoms with E-state index in [1.165, 1.54) is 0 Å². The summed E-state index contributed by atoms with van der Waals surface area (Å²) in [4.78, 5) is 11.9. The average Bonchev–Trinajstić information content (AvgIpc) is 2.87. The van der Waals surface area contributed by atoms with Crippen molar-refractivity contribution in [2.75, 3.05) is 13.2 Å². The molecule has 2 aliphatic rings. The second kappa shape index (κ2) is 5.60. The van der Waals surface area contributed by atoms with Gasteiger partial charge in [-0.25, -0.2) is 0 Å². The Kier molecular flexibility index (Phi) is 3.83. The summed E-state index contributed by atoms with van der Waals surface area (Å²) in [5.74, 6) is 0.758. The molecule has 1 saturated carbocycles. The predicted molar refractivity (Wildman–Crippen MR) is 74.7 cm³/mol. The van der Waals surface area contributed by atoms with Gasteiger partial charge in [-0.2, -0.15) is 0 Å². The zero-order chi connectivity index (χ0) is 14.1. The number of nitrogens with two attached hydrogens (primary N) is 1. The van der Waals surface area contributed by atoms with Gasteiger partial charge in [0.2, 0.25) is 0 Å². The van der Waals surface area contributed by atoms with Crippen LogP contribution in [0.1, 0.15) is 6.42 Å². The van der Waals surface area contributed by atoms with Crippen LogP contribution in [-0.2, 0) is 9.53 Å². The summed E-state index contributed by atoms with van der Waals surface area (Å²) in [6.45, 7) is 0.676. The van der Waals surface area contributed by atoms with E-state index in [2.05, 4.69) is 5.32 Å². The molecule has 1 aliphatic heterocycles. The standard InChI is InChI=1S/C14H17ClN2O3/c15-8-2-1-3-9(6-8)20-7-11(18)17-13-12(16)10-4-5-19-14(10)13/h1-3,6,10,12-14H,4-5,7,16H2,(H,17,18). The molecule has 5 nitrogen and oxygen atoms in total. The first kappa shape index (κ1) is 13.7. The van der Waals surface area contributed by atoms with Crippen LogP contribution in [0.4, 0.5) is 0 Å². The first-order valence-corrected chi connectivity index (χ1v) is 7.08. The third-order valence-electron chi connectivity index (χ3n) is 3.94. The Hall–Kier alpha value is -1.30. The van der Waals surface area contributed by atoms with E-state index in [4.69, 9.17) is 26.8 Å². The summed E-state index contributed by atoms with van der Waals surface area (Å²) in [5, 5.41) is 3.45. The molecule has 0 bridgehead atoms. The number of benzene rings is 1. The molecule has 108 valence electrons. The number of hydrogen-bond acceptors (Lipinski definition) is 4. The molecule has 0 spiro atoms. The van der Waals surface area contributed by atoms with Crippen LogP contribution in [0.2, 0.25) is 5.02 Å². The highest BCUT2D eigenvalue weighted by Crippen LogP contribution is 2.37. The van der Waals surface area contributed by atoms with E-state index in [-0.39, 0.29) is 30.7 Å². The number of rotatable bonds is 4. The van der Waals surface area contributed by atoms with Crippen LogP contribution in [0.25, 0.3) is 0 Å². The van der Waals surface area contributed by atoms with Crippen LogP contribution >= 0.6 is 11.6 Å². The number of ether oxygens (including phenoxy) is 2. The first-order chi connectivity index (χ1) is 9.65. The smallest absolute Gasteiger partial charge is 0.258 e. The minimum Gasteiger partial charge on any atom is -0.484 e. The highest BCUT2D eigenvalue weighted by atomic mass is 35.5. The molecule has 4 atom stereocenters. The molecule has 2 fully saturated rings. The number of carbonyl (C=O) groups is 1. The summed E-state index contributed by atoms with van der Waals surface area (Å²) in [7, 11) is 0. The van der Waals surface area contributed by atoms with Crippen LogP contribution in [0.3, 0.4) is 0 Å². The molecule has 6 heteroatoms. The Morgan fingerprint density at radius 3 is 3.20 bits per heavy atom. The molecule has 1 amide bonds. The zero-order valence-corrected chi connectivity index (χ0v) is 11.7. The van der Waals surface area contributed by atoms with Crippen molar-refractivity contribution >= 4 is 17.5 Å². The minimum atomic E-state index is -0.195. The summed E-state index contributed by atoms with van der Waals surface area (Å²) in [6, 6.07) is 6.83. The van der Waals surface area contributed by atoms with Crippen LogP contribution in [0, 0.1) is 5.92 Å². The van der Waals surface area contributed by atoms with Gasteiger partial charge in [-0.3, -0.25) is 4.79 Å². The highest BCUT2D eigenvalue weighted by molar-refractivity contribution is 6.30. The molecular weight excluding hydrogens is 280 g/mol. The van der Waals surface area contributed by atoms with Crippen molar-refractivity contribution in [1.29, 1.82) is 0 Å². The van der Waals surface area contributed by atoms with Crippen molar-refractivity contribution < 1.29 is 14.3 Å². The lowest BCUT2D eigenvalue weighted by molar-refractivity contribution is -0.127. The van der Waals surface area contributed by atoms with Crippen molar-refractivity contribution in [1.82, 2.24) is 5.32 Å². The van der Waals surface area contributed by atoms with Crippen molar-refractivity contribution in [3.63, 3.8) is 0 Å². The number of hydrogen-bond donors (Lipinski definition) is 2. The largest absolute Gasteiger partial charge is 0.484 e. The van der Waals surface area contributed by atoms with E-state index in [9.17, 15) is 4.79 Å². The lowest BCUT2D eigenvalue weighted by Crippen LogP contribution is -2.69. The van der Waals surface area contributed by atoms with E-state index >= 15 is 0 Å². The number of carbonyl (C=O) groups excluding carboxylic acids is 1. The Morgan fingerprint density at radius 1 is 1.55 bits per heavy atom. The summed E-state index contributed by atoms with van der Waals surface area (Å²) < 4.78 is 10.9. The van der Waals surface area contributed by atoms with Gasteiger partial charge in [0.05, 0.1) is 12.1 Å². The van der Waals surface area contributed by atoms with Gasteiger partial charge >= 0.3 is 0 Å². The third kappa shape index (κ3) is 2.61. The number of nitrogens with one attached hydrogen (secondary N) is 1. The van der Waals surface area contributed by atoms with Gasteiger partial charge in [-0.05, 0) is 24.6 Å². The molecule has 4 unspecified atom stereocenters. The van der Waals surface area contributed by atoms with E-state index < -0.39 is 0 Å². The van der Waals surface area contributed by atoms with Crippen LogP contribution < -0.4 is 15.8 Å². The SMILES string of the molecule is NC1C2CCOC2C1NC(=O)COc1cccc(Cl)c1. The second-order valence-electron chi connectivity index (χ2n) is 5.20. The molecule has 1 aliphatic carbocycles. The number of amides is 1. The topological polar surface area (TPSA) is 73.6 Å². The van der Waals surface area contributed by atoms with Gasteiger partial charge in [0.15, 0.2) is 6.61 Å². The van der Waals surface area contributed by atoms with Crippen LogP contribution in [-0.4, -0.2) is 37.3 Å². The van der Waals surface area contributed by atoms with Crippen molar-refractivity contribution in [3.05, 3.63) is 29.3 Å². The molecule has 1 aromatic carbocycles. The van der Waals surface area contributed by atoms with Crippen molar-refractivity contribution in [2.24, 2.45) is 11.7 Å². The maximum Gasteiger partial charge on any atom is 0.258 e. The van der Waals surface area contributed by atoms with Gasteiger partial charge in [0, 0.05) is 23.6 Å². The fourth-order valence-electron chi connectivity index (χ4n) is 2.86. The third-order valence-corrected chi connectivity index (χ3v) is 4.18. The molecule has 1 heterocycles. The molecule has 3 rings (SSSR count). The summed E-state index contributed by atoms with van der Waals surface area (Å²) >= 11 is 5.84. The molecule has 3 N–H and O–H groups in total. The van der Waals surface area contributed by atoms with Gasteiger partial charge in [0.1, 0.15) is 5.75 Å². The fraction of sp³-hybridized carbons (Fsp3) is 0.500. The van der Waals surface area contributed by atoms with Crippen LogP contribution in [0.5, 0.6) is 5.75 Å². The van der Waals surface area contributed by atoms with Gasteiger partial charge in [0.25, 0.3) is 5.91 Å². The Labute approximate surface area is 122 Å². The normalized spacial score (nSPS) is 31.3. The second-order valence-corrected chi connectivity index (χ2v) is 5.64. The van der Waals surface area contributed by atoms with Crippen molar-refractivity contribution in [2.45, 2.75) is 24.6 Å². The first-order valence-electron chi connectivity index (χ1n) is 6.70. The predicted octanol–water partition coefficient (Wildman–Crippen LogP) is 0.950. The molecule has 0 radical (unpaired) electrons. The molecule has 20 heavy (non-hydrogen) atoms. The summed E-state index contributed by atoms with van der Waals surface area (Å²) in [6.07, 6.45) is 1.05. The Balaban J connectivity index is 1.48. The fourth-order valence-corrected chi connectivity index (χ4v) is 3.04. The van der Waals surface area contributed by atoms with E-state index in [1.54, 1.807) is 24.3 Å². The monoisotopic (exact) mass is 296 g/mol. The molecule has 1 aromatic rings. The lowest BCUT2D eigenvalue weighted by atomic mass is 9.72. The lowest BCUT2D eigenvalue weighted by Gasteiger charge is -2.45. The zero-order valence-electron chi connectivity index (χ0n) is 10.9. The summed E-state index contributed by atoms with van der Waals surface area (Å²) in [5.41, 5.74) is 6.03. The number of halogens is 1. The van der Waals surface area contributed by atoms with E-state index in [0.29, 0.717) is 16.7 Å². The average molecular weight is 297 g/mol. The van der Waals surface area contributed by atoms with E-state index in [1.807, 2.05) is 0 Å². The molecular formula is C14H17ClN2O3. The Morgan fingerprint density at radius 2 is 2.40 bits per heavy atom. The van der Waals surface area contributed by atoms with E-state index in [0.717, 1.165) is 13.0 Å². The highest BCUT2D eigenvalue weighted by Gasteiger charge is 2.52. The maximum atomic E-state index is 11.9. The minimum absolute atomic E-state index is 0.0161. The van der Waals surface area contributed by atoms with Crippen LogP contribution in [0.15, 0.2) is 24.3 Å². The number of fused-ring (bicyclic) bond motifs is 1. The van der Waals surface area contributed by atoms with Crippen molar-refractivity contribution in [3.8, 4) is 5.75 Å². The maximum absolute atomic E-state index is 11.9. The van der Waals surface area contributed by atoms with Gasteiger partial charge in [-0.15, -0.1) is 0 Å². The molecule has 0 aromatic heterocycles. The van der Waals surface area contributed by atoms with Gasteiger partial charge in [-0.1, -0.05) is 17.7 Å². The van der Waals surface area contributed by atoms with Gasteiger partial charge < -0.3 is 20.5 Å².